The van der Waals surface area contributed by atoms with E-state index in [4.69, 9.17) is 4.74 Å². The van der Waals surface area contributed by atoms with E-state index in [1.807, 2.05) is 18.2 Å². The third kappa shape index (κ3) is 5.43. The lowest BCUT2D eigenvalue weighted by Crippen LogP contribution is -2.08. The van der Waals surface area contributed by atoms with Crippen molar-refractivity contribution in [2.75, 3.05) is 13.2 Å². The Labute approximate surface area is 96.0 Å². The molecule has 0 aromatic heterocycles. The molecular formula is C12H15NOS. The molecule has 1 unspecified atom stereocenters. The van der Waals surface area contributed by atoms with Crippen molar-refractivity contribution in [3.63, 3.8) is 0 Å². The van der Waals surface area contributed by atoms with E-state index in [1.165, 1.54) is 5.56 Å². The SMILES string of the molecule is CC(CN=C=S)COCc1ccccc1. The molecule has 1 rings (SSSR count). The van der Waals surface area contributed by atoms with E-state index >= 15 is 0 Å². The van der Waals surface area contributed by atoms with Crippen LogP contribution in [-0.4, -0.2) is 18.3 Å². The number of rotatable bonds is 6. The first-order chi connectivity index (χ1) is 7.33. The lowest BCUT2D eigenvalue weighted by Gasteiger charge is -2.08. The van der Waals surface area contributed by atoms with Gasteiger partial charge < -0.3 is 4.74 Å². The summed E-state index contributed by atoms with van der Waals surface area (Å²) in [5, 5.41) is 2.36. The number of ether oxygens (including phenoxy) is 1. The van der Waals surface area contributed by atoms with Crippen LogP contribution in [0.5, 0.6) is 0 Å². The maximum absolute atomic E-state index is 5.56. The third-order valence-corrected chi connectivity index (χ3v) is 2.11. The van der Waals surface area contributed by atoms with Crippen LogP contribution in [0.3, 0.4) is 0 Å². The van der Waals surface area contributed by atoms with Crippen molar-refractivity contribution in [2.45, 2.75) is 13.5 Å². The van der Waals surface area contributed by atoms with E-state index in [0.29, 0.717) is 25.7 Å². The summed E-state index contributed by atoms with van der Waals surface area (Å²) in [5.74, 6) is 0.393. The Morgan fingerprint density at radius 3 is 2.80 bits per heavy atom. The molecule has 1 aromatic carbocycles. The number of nitrogens with zero attached hydrogens (tertiary/aromatic N) is 1. The minimum Gasteiger partial charge on any atom is -0.376 e. The topological polar surface area (TPSA) is 21.6 Å². The standard InChI is InChI=1S/C12H15NOS/c1-11(7-13-10-15)8-14-9-12-5-3-2-4-6-12/h2-6,11H,7-9H2,1H3. The van der Waals surface area contributed by atoms with Crippen molar-refractivity contribution >= 4 is 17.4 Å². The highest BCUT2D eigenvalue weighted by Gasteiger charge is 2.00. The van der Waals surface area contributed by atoms with Gasteiger partial charge in [-0.1, -0.05) is 37.3 Å². The zero-order chi connectivity index (χ0) is 10.9. The molecule has 0 aliphatic carbocycles. The van der Waals surface area contributed by atoms with Crippen LogP contribution in [0.25, 0.3) is 0 Å². The molecule has 1 aromatic rings. The van der Waals surface area contributed by atoms with Crippen molar-refractivity contribution in [1.82, 2.24) is 0 Å². The Hall–Kier alpha value is -1.02. The zero-order valence-electron chi connectivity index (χ0n) is 8.85. The van der Waals surface area contributed by atoms with Crippen molar-refractivity contribution in [2.24, 2.45) is 10.9 Å². The first-order valence-corrected chi connectivity index (χ1v) is 5.39. The van der Waals surface area contributed by atoms with Crippen molar-refractivity contribution in [1.29, 1.82) is 0 Å². The molecule has 0 radical (unpaired) electrons. The Balaban J connectivity index is 2.19. The van der Waals surface area contributed by atoms with Crippen LogP contribution in [0.2, 0.25) is 0 Å². The predicted molar refractivity (Wildman–Crippen MR) is 65.2 cm³/mol. The normalized spacial score (nSPS) is 11.8. The summed E-state index contributed by atoms with van der Waals surface area (Å²) < 4.78 is 5.56. The van der Waals surface area contributed by atoms with Crippen molar-refractivity contribution < 1.29 is 4.74 Å². The monoisotopic (exact) mass is 221 g/mol. The average molecular weight is 221 g/mol. The summed E-state index contributed by atoms with van der Waals surface area (Å²) in [7, 11) is 0. The number of hydrogen-bond donors (Lipinski definition) is 0. The van der Waals surface area contributed by atoms with Crippen molar-refractivity contribution in [3.05, 3.63) is 35.9 Å². The zero-order valence-corrected chi connectivity index (χ0v) is 9.67. The maximum Gasteiger partial charge on any atom is 0.0717 e. The summed E-state index contributed by atoms with van der Waals surface area (Å²) in [5.41, 5.74) is 1.20. The van der Waals surface area contributed by atoms with Gasteiger partial charge in [0.2, 0.25) is 0 Å². The number of benzene rings is 1. The Bertz CT molecular complexity index is 320. The smallest absolute Gasteiger partial charge is 0.0717 e. The lowest BCUT2D eigenvalue weighted by atomic mass is 10.2. The Kier molecular flexibility index (Phi) is 5.86. The molecule has 0 saturated heterocycles. The van der Waals surface area contributed by atoms with Gasteiger partial charge in [0.25, 0.3) is 0 Å². The van der Waals surface area contributed by atoms with Gasteiger partial charge in [-0.25, -0.2) is 4.99 Å². The molecule has 15 heavy (non-hydrogen) atoms. The van der Waals surface area contributed by atoms with Crippen LogP contribution in [0, 0.1) is 5.92 Å². The van der Waals surface area contributed by atoms with Crippen LogP contribution < -0.4 is 0 Å². The molecular weight excluding hydrogens is 206 g/mol. The summed E-state index contributed by atoms with van der Waals surface area (Å²) in [6.45, 7) is 4.14. The van der Waals surface area contributed by atoms with E-state index in [-0.39, 0.29) is 0 Å². The summed E-state index contributed by atoms with van der Waals surface area (Å²) in [4.78, 5) is 3.88. The second kappa shape index (κ2) is 7.30. The third-order valence-electron chi connectivity index (χ3n) is 1.98. The van der Waals surface area contributed by atoms with Gasteiger partial charge in [0.05, 0.1) is 24.9 Å². The molecule has 0 aliphatic rings. The largest absolute Gasteiger partial charge is 0.376 e. The number of aliphatic imine (C=N–C) groups is 1. The van der Waals surface area contributed by atoms with E-state index in [1.54, 1.807) is 0 Å². The molecule has 0 bridgehead atoms. The molecule has 0 spiro atoms. The molecule has 0 saturated carbocycles. The lowest BCUT2D eigenvalue weighted by molar-refractivity contribution is 0.0946. The minimum absolute atomic E-state index is 0.393. The highest BCUT2D eigenvalue weighted by atomic mass is 32.1. The van der Waals surface area contributed by atoms with Gasteiger partial charge in [0.1, 0.15) is 0 Å². The van der Waals surface area contributed by atoms with Crippen LogP contribution >= 0.6 is 12.2 Å². The summed E-state index contributed by atoms with van der Waals surface area (Å²) in [6.07, 6.45) is 0. The van der Waals surface area contributed by atoms with Gasteiger partial charge in [-0.15, -0.1) is 0 Å². The molecule has 0 fully saturated rings. The average Bonchev–Trinajstić information content (AvgIpc) is 2.28. The van der Waals surface area contributed by atoms with Crippen LogP contribution in [0.15, 0.2) is 35.3 Å². The molecule has 0 heterocycles. The van der Waals surface area contributed by atoms with Crippen molar-refractivity contribution in [3.8, 4) is 0 Å². The first-order valence-electron chi connectivity index (χ1n) is 4.98. The fourth-order valence-corrected chi connectivity index (χ4v) is 1.27. The molecule has 0 N–H and O–H groups in total. The van der Waals surface area contributed by atoms with Gasteiger partial charge in [0, 0.05) is 0 Å². The van der Waals surface area contributed by atoms with E-state index in [0.717, 1.165) is 0 Å². The van der Waals surface area contributed by atoms with Gasteiger partial charge in [0.15, 0.2) is 0 Å². The van der Waals surface area contributed by atoms with E-state index in [2.05, 4.69) is 41.4 Å². The molecule has 2 nitrogen and oxygen atoms in total. The maximum atomic E-state index is 5.56. The van der Waals surface area contributed by atoms with Gasteiger partial charge >= 0.3 is 0 Å². The minimum atomic E-state index is 0.393. The molecule has 0 aliphatic heterocycles. The van der Waals surface area contributed by atoms with Gasteiger partial charge in [-0.2, -0.15) is 0 Å². The van der Waals surface area contributed by atoms with E-state index in [9.17, 15) is 0 Å². The Morgan fingerprint density at radius 2 is 2.13 bits per heavy atom. The number of hydrogen-bond acceptors (Lipinski definition) is 3. The number of thiocarbonyl (C=S) groups is 1. The second-order valence-corrected chi connectivity index (χ2v) is 3.72. The highest BCUT2D eigenvalue weighted by molar-refractivity contribution is 7.78. The fraction of sp³-hybridized carbons (Fsp3) is 0.417. The number of isothiocyanates is 1. The van der Waals surface area contributed by atoms with Crippen LogP contribution in [-0.2, 0) is 11.3 Å². The summed E-state index contributed by atoms with van der Waals surface area (Å²) in [6, 6.07) is 10.1. The Morgan fingerprint density at radius 1 is 1.40 bits per heavy atom. The molecule has 3 heteroatoms. The molecule has 80 valence electrons. The van der Waals surface area contributed by atoms with Crippen LogP contribution in [0.4, 0.5) is 0 Å². The summed E-state index contributed by atoms with van der Waals surface area (Å²) >= 11 is 4.50. The fourth-order valence-electron chi connectivity index (χ4n) is 1.20. The quantitative estimate of drug-likeness (QED) is 0.544. The van der Waals surface area contributed by atoms with E-state index < -0.39 is 0 Å². The van der Waals surface area contributed by atoms with Crippen LogP contribution in [0.1, 0.15) is 12.5 Å². The van der Waals surface area contributed by atoms with Gasteiger partial charge in [-0.05, 0) is 23.7 Å². The first kappa shape index (κ1) is 12.1. The molecule has 0 amide bonds. The predicted octanol–water partition coefficient (Wildman–Crippen LogP) is 2.94. The molecule has 1 atom stereocenters. The van der Waals surface area contributed by atoms with Gasteiger partial charge in [-0.3, -0.25) is 0 Å². The second-order valence-electron chi connectivity index (χ2n) is 3.54. The highest BCUT2D eigenvalue weighted by Crippen LogP contribution is 2.03.